The predicted molar refractivity (Wildman–Crippen MR) is 83.9 cm³/mol. The maximum Gasteiger partial charge on any atom is 0.310 e. The first-order valence-corrected chi connectivity index (χ1v) is 7.11. The van der Waals surface area contributed by atoms with Crippen LogP contribution in [0.25, 0.3) is 0 Å². The van der Waals surface area contributed by atoms with Crippen LogP contribution in [-0.4, -0.2) is 23.3 Å². The van der Waals surface area contributed by atoms with E-state index in [-0.39, 0.29) is 35.3 Å². The van der Waals surface area contributed by atoms with E-state index in [1.165, 1.54) is 6.07 Å². The third-order valence-corrected chi connectivity index (χ3v) is 3.20. The number of aromatic nitrogens is 1. The minimum atomic E-state index is -0.472. The SMILES string of the molecule is CCOC(=O)Cc1c(N)cc(Cl)nc1C(=O)c1ccccc1. The number of esters is 1. The van der Waals surface area contributed by atoms with Crippen LogP contribution in [0.3, 0.4) is 0 Å². The van der Waals surface area contributed by atoms with Gasteiger partial charge >= 0.3 is 5.97 Å². The fraction of sp³-hybridized carbons (Fsp3) is 0.188. The molecule has 1 aromatic heterocycles. The lowest BCUT2D eigenvalue weighted by molar-refractivity contribution is -0.142. The van der Waals surface area contributed by atoms with Gasteiger partial charge in [-0.05, 0) is 13.0 Å². The second-order valence-electron chi connectivity index (χ2n) is 4.54. The zero-order valence-electron chi connectivity index (χ0n) is 12.0. The molecule has 0 saturated carbocycles. The van der Waals surface area contributed by atoms with Crippen LogP contribution in [0.1, 0.15) is 28.5 Å². The molecule has 2 aromatic rings. The molecule has 0 aliphatic heterocycles. The highest BCUT2D eigenvalue weighted by Crippen LogP contribution is 2.23. The van der Waals surface area contributed by atoms with Gasteiger partial charge in [0.05, 0.1) is 13.0 Å². The molecule has 0 spiro atoms. The number of nitrogens with two attached hydrogens (primary N) is 1. The van der Waals surface area contributed by atoms with Crippen LogP contribution in [0.2, 0.25) is 5.15 Å². The summed E-state index contributed by atoms with van der Waals surface area (Å²) in [7, 11) is 0. The standard InChI is InChI=1S/C16H15ClN2O3/c1-2-22-14(20)8-11-12(18)9-13(17)19-15(11)16(21)10-6-4-3-5-7-10/h3-7,9H,2,8H2,1H3,(H2,18,19). The van der Waals surface area contributed by atoms with Gasteiger partial charge in [0.2, 0.25) is 5.78 Å². The zero-order chi connectivity index (χ0) is 16.1. The molecular weight excluding hydrogens is 304 g/mol. The number of benzene rings is 1. The van der Waals surface area contributed by atoms with Crippen molar-refractivity contribution in [2.75, 3.05) is 12.3 Å². The maximum absolute atomic E-state index is 12.6. The molecule has 5 nitrogen and oxygen atoms in total. The largest absolute Gasteiger partial charge is 0.466 e. The van der Waals surface area contributed by atoms with Crippen molar-refractivity contribution in [3.05, 3.63) is 58.4 Å². The number of nitrogen functional groups attached to an aromatic ring is 1. The van der Waals surface area contributed by atoms with E-state index in [1.807, 2.05) is 0 Å². The molecule has 0 fully saturated rings. The van der Waals surface area contributed by atoms with Crippen molar-refractivity contribution in [1.29, 1.82) is 0 Å². The number of anilines is 1. The number of ether oxygens (including phenoxy) is 1. The van der Waals surface area contributed by atoms with Crippen LogP contribution in [-0.2, 0) is 16.0 Å². The average Bonchev–Trinajstić information content (AvgIpc) is 2.50. The summed E-state index contributed by atoms with van der Waals surface area (Å²) in [4.78, 5) is 28.3. The van der Waals surface area contributed by atoms with Gasteiger partial charge in [-0.2, -0.15) is 0 Å². The Balaban J connectivity index is 2.45. The van der Waals surface area contributed by atoms with Crippen molar-refractivity contribution in [1.82, 2.24) is 4.98 Å². The Labute approximate surface area is 133 Å². The molecule has 1 aromatic carbocycles. The molecule has 114 valence electrons. The topological polar surface area (TPSA) is 82.3 Å². The summed E-state index contributed by atoms with van der Waals surface area (Å²) in [5.74, 6) is -0.811. The number of hydrogen-bond donors (Lipinski definition) is 1. The first-order chi connectivity index (χ1) is 10.5. The quantitative estimate of drug-likeness (QED) is 0.520. The molecule has 2 rings (SSSR count). The molecule has 0 aliphatic rings. The zero-order valence-corrected chi connectivity index (χ0v) is 12.8. The van der Waals surface area contributed by atoms with E-state index in [2.05, 4.69) is 4.98 Å². The number of pyridine rings is 1. The maximum atomic E-state index is 12.6. The highest BCUT2D eigenvalue weighted by atomic mass is 35.5. The molecule has 1 heterocycles. The predicted octanol–water partition coefficient (Wildman–Crippen LogP) is 2.65. The molecule has 0 unspecified atom stereocenters. The van der Waals surface area contributed by atoms with Gasteiger partial charge < -0.3 is 10.5 Å². The van der Waals surface area contributed by atoms with Crippen molar-refractivity contribution in [2.45, 2.75) is 13.3 Å². The third-order valence-electron chi connectivity index (χ3n) is 3.01. The van der Waals surface area contributed by atoms with E-state index < -0.39 is 5.97 Å². The Morgan fingerprint density at radius 3 is 2.59 bits per heavy atom. The molecule has 0 bridgehead atoms. The van der Waals surface area contributed by atoms with E-state index >= 15 is 0 Å². The van der Waals surface area contributed by atoms with Gasteiger partial charge in [-0.25, -0.2) is 4.98 Å². The van der Waals surface area contributed by atoms with Crippen molar-refractivity contribution >= 4 is 29.0 Å². The van der Waals surface area contributed by atoms with Gasteiger partial charge in [-0.1, -0.05) is 41.9 Å². The molecule has 0 aliphatic carbocycles. The van der Waals surface area contributed by atoms with E-state index in [9.17, 15) is 9.59 Å². The Hall–Kier alpha value is -2.40. The number of carbonyl (C=O) groups excluding carboxylic acids is 2. The lowest BCUT2D eigenvalue weighted by Crippen LogP contribution is -2.16. The van der Waals surface area contributed by atoms with Crippen LogP contribution in [0.4, 0.5) is 5.69 Å². The second-order valence-corrected chi connectivity index (χ2v) is 4.93. The molecule has 0 atom stereocenters. The van der Waals surface area contributed by atoms with Gasteiger partial charge in [0.1, 0.15) is 10.8 Å². The summed E-state index contributed by atoms with van der Waals surface area (Å²) in [6.45, 7) is 1.96. The second kappa shape index (κ2) is 7.04. The minimum absolute atomic E-state index is 0.0734. The van der Waals surface area contributed by atoms with Crippen LogP contribution >= 0.6 is 11.6 Å². The molecule has 0 amide bonds. The minimum Gasteiger partial charge on any atom is -0.466 e. The lowest BCUT2D eigenvalue weighted by Gasteiger charge is -2.11. The summed E-state index contributed by atoms with van der Waals surface area (Å²) < 4.78 is 4.90. The van der Waals surface area contributed by atoms with Gasteiger partial charge in [-0.3, -0.25) is 9.59 Å². The summed E-state index contributed by atoms with van der Waals surface area (Å²) in [5.41, 5.74) is 6.99. The van der Waals surface area contributed by atoms with Crippen molar-refractivity contribution < 1.29 is 14.3 Å². The monoisotopic (exact) mass is 318 g/mol. The number of halogens is 1. The number of rotatable bonds is 5. The third kappa shape index (κ3) is 3.62. The smallest absolute Gasteiger partial charge is 0.310 e. The number of ketones is 1. The van der Waals surface area contributed by atoms with Crippen LogP contribution in [0.15, 0.2) is 36.4 Å². The highest BCUT2D eigenvalue weighted by molar-refractivity contribution is 6.30. The highest BCUT2D eigenvalue weighted by Gasteiger charge is 2.21. The van der Waals surface area contributed by atoms with Gasteiger partial charge in [0.15, 0.2) is 0 Å². The summed E-state index contributed by atoms with van der Waals surface area (Å²) in [6, 6.07) is 10.0. The molecule has 0 saturated heterocycles. The molecule has 2 N–H and O–H groups in total. The Morgan fingerprint density at radius 1 is 1.27 bits per heavy atom. The number of hydrogen-bond acceptors (Lipinski definition) is 5. The average molecular weight is 319 g/mol. The Bertz CT molecular complexity index is 702. The molecule has 6 heteroatoms. The normalized spacial score (nSPS) is 10.3. The van der Waals surface area contributed by atoms with Crippen molar-refractivity contribution in [3.8, 4) is 0 Å². The van der Waals surface area contributed by atoms with Crippen LogP contribution < -0.4 is 5.73 Å². The summed E-state index contributed by atoms with van der Waals surface area (Å²) in [5, 5.41) is 0.101. The first-order valence-electron chi connectivity index (χ1n) is 6.73. The fourth-order valence-electron chi connectivity index (χ4n) is 2.01. The van der Waals surface area contributed by atoms with Crippen molar-refractivity contribution in [3.63, 3.8) is 0 Å². The van der Waals surface area contributed by atoms with E-state index in [1.54, 1.807) is 37.3 Å². The van der Waals surface area contributed by atoms with Gasteiger partial charge in [0.25, 0.3) is 0 Å². The number of nitrogens with zero attached hydrogens (tertiary/aromatic N) is 1. The first kappa shape index (κ1) is 16.0. The van der Waals surface area contributed by atoms with Crippen LogP contribution in [0.5, 0.6) is 0 Å². The van der Waals surface area contributed by atoms with Gasteiger partial charge in [0, 0.05) is 16.8 Å². The van der Waals surface area contributed by atoms with Crippen molar-refractivity contribution in [2.24, 2.45) is 0 Å². The van der Waals surface area contributed by atoms with E-state index in [0.29, 0.717) is 11.1 Å². The number of carbonyl (C=O) groups is 2. The van der Waals surface area contributed by atoms with E-state index in [4.69, 9.17) is 22.1 Å². The fourth-order valence-corrected chi connectivity index (χ4v) is 2.22. The molecular formula is C16H15ClN2O3. The molecule has 0 radical (unpaired) electrons. The molecule has 22 heavy (non-hydrogen) atoms. The summed E-state index contributed by atoms with van der Waals surface area (Å²) >= 11 is 5.89. The Kier molecular flexibility index (Phi) is 5.12. The van der Waals surface area contributed by atoms with E-state index in [0.717, 1.165) is 0 Å². The Morgan fingerprint density at radius 2 is 1.95 bits per heavy atom. The van der Waals surface area contributed by atoms with Crippen LogP contribution in [0, 0.1) is 0 Å². The van der Waals surface area contributed by atoms with Gasteiger partial charge in [-0.15, -0.1) is 0 Å². The summed E-state index contributed by atoms with van der Waals surface area (Å²) in [6.07, 6.45) is -0.127. The lowest BCUT2D eigenvalue weighted by atomic mass is 10.0.